The molecule has 35 heavy (non-hydrogen) atoms. The first-order chi connectivity index (χ1) is 16.8. The summed E-state index contributed by atoms with van der Waals surface area (Å²) in [6.45, 7) is 4.16. The predicted molar refractivity (Wildman–Crippen MR) is 135 cm³/mol. The van der Waals surface area contributed by atoms with E-state index in [1.807, 2.05) is 22.8 Å². The molecule has 2 aromatic heterocycles. The molecule has 0 spiro atoms. The normalized spacial score (nSPS) is 14.7. The number of aryl methyl sites for hydroxylation is 1. The van der Waals surface area contributed by atoms with Crippen LogP contribution in [0.3, 0.4) is 0 Å². The van der Waals surface area contributed by atoms with Crippen LogP contribution in [0.1, 0.15) is 11.4 Å². The van der Waals surface area contributed by atoms with E-state index in [0.717, 1.165) is 42.0 Å². The van der Waals surface area contributed by atoms with Gasteiger partial charge in [-0.25, -0.2) is 14.2 Å². The van der Waals surface area contributed by atoms with Gasteiger partial charge in [0.05, 0.1) is 6.54 Å². The number of halogens is 2. The van der Waals surface area contributed by atoms with Crippen LogP contribution in [0.25, 0.3) is 11.2 Å². The van der Waals surface area contributed by atoms with E-state index >= 15 is 0 Å². The molecule has 2 aromatic carbocycles. The van der Waals surface area contributed by atoms with E-state index in [1.165, 1.54) is 23.7 Å². The zero-order valence-corrected chi connectivity index (χ0v) is 20.4. The summed E-state index contributed by atoms with van der Waals surface area (Å²) in [6.07, 6.45) is 0. The first kappa shape index (κ1) is 23.3. The lowest BCUT2D eigenvalue weighted by atomic mass is 10.2. The zero-order valence-electron chi connectivity index (χ0n) is 19.6. The largest absolute Gasteiger partial charge is 0.369 e. The van der Waals surface area contributed by atoms with Crippen LogP contribution in [0.5, 0.6) is 0 Å². The van der Waals surface area contributed by atoms with Gasteiger partial charge in [0.2, 0.25) is 0 Å². The Labute approximate surface area is 206 Å². The second-order valence-corrected chi connectivity index (χ2v) is 9.30. The highest BCUT2D eigenvalue weighted by atomic mass is 35.5. The average molecular weight is 497 g/mol. The van der Waals surface area contributed by atoms with Gasteiger partial charge in [-0.05, 0) is 35.9 Å². The fraction of sp³-hybridized carbons (Fsp3) is 0.320. The van der Waals surface area contributed by atoms with Gasteiger partial charge in [-0.3, -0.25) is 18.8 Å². The van der Waals surface area contributed by atoms with Crippen LogP contribution in [-0.4, -0.2) is 49.8 Å². The minimum absolute atomic E-state index is 0.319. The highest BCUT2D eigenvalue weighted by Gasteiger charge is 2.23. The SMILES string of the molecule is Cn1c(=O)c2c(nc(CN3CCN(c4cccc(Cl)c4)CC3)n2Cc2ccc(F)cc2)n(C)c1=O. The van der Waals surface area contributed by atoms with Crippen LogP contribution >= 0.6 is 11.6 Å². The lowest BCUT2D eigenvalue weighted by Crippen LogP contribution is -2.46. The number of fused-ring (bicyclic) bond motifs is 1. The number of rotatable bonds is 5. The molecule has 0 aliphatic carbocycles. The second-order valence-electron chi connectivity index (χ2n) is 8.86. The van der Waals surface area contributed by atoms with Gasteiger partial charge in [0.15, 0.2) is 11.2 Å². The third-order valence-electron chi connectivity index (χ3n) is 6.59. The molecule has 1 aliphatic rings. The van der Waals surface area contributed by atoms with Crippen molar-refractivity contribution in [3.8, 4) is 0 Å². The molecule has 10 heteroatoms. The van der Waals surface area contributed by atoms with Gasteiger partial charge in [-0.15, -0.1) is 0 Å². The molecule has 0 atom stereocenters. The van der Waals surface area contributed by atoms with E-state index in [4.69, 9.17) is 16.6 Å². The van der Waals surface area contributed by atoms with Crippen molar-refractivity contribution in [1.29, 1.82) is 0 Å². The van der Waals surface area contributed by atoms with Gasteiger partial charge in [0.25, 0.3) is 5.56 Å². The minimum atomic E-state index is -0.421. The van der Waals surface area contributed by atoms with Crippen LogP contribution in [0.15, 0.2) is 58.1 Å². The summed E-state index contributed by atoms with van der Waals surface area (Å²) < 4.78 is 17.8. The molecule has 8 nitrogen and oxygen atoms in total. The number of benzene rings is 2. The standard InChI is InChI=1S/C25H26ClFN6O2/c1-29-23-22(24(34)30(2)25(29)35)33(15-17-6-8-19(27)9-7-17)21(28-23)16-31-10-12-32(13-11-31)20-5-3-4-18(26)14-20/h3-9,14H,10-13,15-16H2,1-2H3. The summed E-state index contributed by atoms with van der Waals surface area (Å²) in [5.41, 5.74) is 1.84. The van der Waals surface area contributed by atoms with Crippen LogP contribution in [0.4, 0.5) is 10.1 Å². The minimum Gasteiger partial charge on any atom is -0.369 e. The Morgan fingerprint density at radius 1 is 0.943 bits per heavy atom. The molecule has 0 unspecified atom stereocenters. The Hall–Kier alpha value is -3.43. The number of imidazole rings is 1. The maximum Gasteiger partial charge on any atom is 0.332 e. The van der Waals surface area contributed by atoms with Gasteiger partial charge in [0, 0.05) is 57.5 Å². The Kier molecular flexibility index (Phi) is 6.21. The monoisotopic (exact) mass is 496 g/mol. The molecule has 3 heterocycles. The van der Waals surface area contributed by atoms with E-state index in [9.17, 15) is 14.0 Å². The maximum atomic E-state index is 13.5. The number of hydrogen-bond donors (Lipinski definition) is 0. The summed E-state index contributed by atoms with van der Waals surface area (Å²) >= 11 is 6.16. The van der Waals surface area contributed by atoms with Crippen molar-refractivity contribution in [2.24, 2.45) is 14.1 Å². The lowest BCUT2D eigenvalue weighted by molar-refractivity contribution is 0.241. The molecule has 5 rings (SSSR count). The highest BCUT2D eigenvalue weighted by molar-refractivity contribution is 6.30. The van der Waals surface area contributed by atoms with E-state index < -0.39 is 11.2 Å². The number of aromatic nitrogens is 4. The van der Waals surface area contributed by atoms with Crippen LogP contribution in [-0.2, 0) is 27.2 Å². The molecule has 1 saturated heterocycles. The van der Waals surface area contributed by atoms with Gasteiger partial charge < -0.3 is 9.47 Å². The molecular formula is C25H26ClFN6O2. The predicted octanol–water partition coefficient (Wildman–Crippen LogP) is 2.60. The van der Waals surface area contributed by atoms with Crippen molar-refractivity contribution < 1.29 is 4.39 Å². The lowest BCUT2D eigenvalue weighted by Gasteiger charge is -2.36. The van der Waals surface area contributed by atoms with Crippen molar-refractivity contribution in [3.63, 3.8) is 0 Å². The molecule has 4 aromatic rings. The highest BCUT2D eigenvalue weighted by Crippen LogP contribution is 2.22. The van der Waals surface area contributed by atoms with Crippen molar-refractivity contribution in [1.82, 2.24) is 23.6 Å². The molecule has 1 fully saturated rings. The fourth-order valence-corrected chi connectivity index (χ4v) is 4.78. The van der Waals surface area contributed by atoms with Crippen molar-refractivity contribution >= 4 is 28.5 Å². The molecule has 0 N–H and O–H groups in total. The number of anilines is 1. The smallest absolute Gasteiger partial charge is 0.332 e. The van der Waals surface area contributed by atoms with E-state index in [0.29, 0.717) is 35.1 Å². The first-order valence-electron chi connectivity index (χ1n) is 11.4. The molecule has 0 bridgehead atoms. The Morgan fingerprint density at radius 3 is 2.34 bits per heavy atom. The fourth-order valence-electron chi connectivity index (χ4n) is 4.59. The van der Waals surface area contributed by atoms with E-state index in [2.05, 4.69) is 15.9 Å². The first-order valence-corrected chi connectivity index (χ1v) is 11.8. The van der Waals surface area contributed by atoms with Gasteiger partial charge in [0.1, 0.15) is 11.6 Å². The Bertz CT molecular complexity index is 1500. The average Bonchev–Trinajstić information content (AvgIpc) is 3.21. The van der Waals surface area contributed by atoms with Crippen molar-refractivity contribution in [2.75, 3.05) is 31.1 Å². The molecule has 0 amide bonds. The molecule has 182 valence electrons. The van der Waals surface area contributed by atoms with Gasteiger partial charge in [-0.1, -0.05) is 29.8 Å². The van der Waals surface area contributed by atoms with Crippen LogP contribution < -0.4 is 16.1 Å². The Balaban J connectivity index is 1.47. The second kappa shape index (κ2) is 9.31. The van der Waals surface area contributed by atoms with Crippen LogP contribution in [0.2, 0.25) is 5.02 Å². The molecular weight excluding hydrogens is 471 g/mol. The zero-order chi connectivity index (χ0) is 24.7. The summed E-state index contributed by atoms with van der Waals surface area (Å²) in [7, 11) is 3.08. The molecule has 0 radical (unpaired) electrons. The molecule has 0 saturated carbocycles. The van der Waals surface area contributed by atoms with Gasteiger partial charge >= 0.3 is 5.69 Å². The van der Waals surface area contributed by atoms with Crippen molar-refractivity contribution in [3.05, 3.63) is 91.6 Å². The topological polar surface area (TPSA) is 68.3 Å². The van der Waals surface area contributed by atoms with E-state index in [-0.39, 0.29) is 5.82 Å². The summed E-state index contributed by atoms with van der Waals surface area (Å²) in [5, 5.41) is 0.714. The Morgan fingerprint density at radius 2 is 1.66 bits per heavy atom. The van der Waals surface area contributed by atoms with Crippen molar-refractivity contribution in [2.45, 2.75) is 13.1 Å². The maximum absolute atomic E-state index is 13.5. The van der Waals surface area contributed by atoms with Crippen LogP contribution in [0, 0.1) is 5.82 Å². The number of piperazine rings is 1. The summed E-state index contributed by atoms with van der Waals surface area (Å²) in [6, 6.07) is 14.0. The van der Waals surface area contributed by atoms with E-state index in [1.54, 1.807) is 19.2 Å². The van der Waals surface area contributed by atoms with Gasteiger partial charge in [-0.2, -0.15) is 0 Å². The number of hydrogen-bond acceptors (Lipinski definition) is 5. The summed E-state index contributed by atoms with van der Waals surface area (Å²) in [4.78, 5) is 34.9. The summed E-state index contributed by atoms with van der Waals surface area (Å²) in [5.74, 6) is 0.374. The number of nitrogens with zero attached hydrogens (tertiary/aromatic N) is 6. The third-order valence-corrected chi connectivity index (χ3v) is 6.83. The quantitative estimate of drug-likeness (QED) is 0.425. The third kappa shape index (κ3) is 4.49. The molecule has 1 aliphatic heterocycles.